The molecular formula is C11H18O. The molecule has 2 aliphatic carbocycles. The third-order valence-corrected chi connectivity index (χ3v) is 3.73. The monoisotopic (exact) mass is 166 g/mol. The van der Waals surface area contributed by atoms with E-state index in [-0.39, 0.29) is 0 Å². The molecule has 12 heavy (non-hydrogen) atoms. The van der Waals surface area contributed by atoms with Gasteiger partial charge in [-0.2, -0.15) is 0 Å². The molecule has 0 aliphatic heterocycles. The van der Waals surface area contributed by atoms with Crippen molar-refractivity contribution in [1.82, 2.24) is 0 Å². The number of hydrogen-bond acceptors (Lipinski definition) is 1. The number of hydrogen-bond donors (Lipinski definition) is 0. The standard InChI is InChI=1S/C11H18O/c1-8-4-2-5-9-6-3-7-10(12)11(8)9/h8-9,11H,2-7H2,1H3. The van der Waals surface area contributed by atoms with Gasteiger partial charge in [-0.15, -0.1) is 0 Å². The van der Waals surface area contributed by atoms with Crippen molar-refractivity contribution >= 4 is 5.78 Å². The fraction of sp³-hybridized carbons (Fsp3) is 0.909. The van der Waals surface area contributed by atoms with Crippen LogP contribution in [0.5, 0.6) is 0 Å². The van der Waals surface area contributed by atoms with Crippen molar-refractivity contribution < 1.29 is 4.79 Å². The zero-order valence-corrected chi connectivity index (χ0v) is 7.88. The lowest BCUT2D eigenvalue weighted by Crippen LogP contribution is -2.36. The molecule has 0 aromatic heterocycles. The van der Waals surface area contributed by atoms with Gasteiger partial charge >= 0.3 is 0 Å². The Morgan fingerprint density at radius 1 is 1.17 bits per heavy atom. The Kier molecular flexibility index (Phi) is 2.20. The normalized spacial score (nSPS) is 42.4. The Labute approximate surface area is 74.5 Å². The highest BCUT2D eigenvalue weighted by atomic mass is 16.1. The van der Waals surface area contributed by atoms with Gasteiger partial charge in [0.2, 0.25) is 0 Å². The smallest absolute Gasteiger partial charge is 0.136 e. The lowest BCUT2D eigenvalue weighted by Gasteiger charge is -2.38. The van der Waals surface area contributed by atoms with Crippen LogP contribution in [0.25, 0.3) is 0 Å². The summed E-state index contributed by atoms with van der Waals surface area (Å²) in [6, 6.07) is 0. The summed E-state index contributed by atoms with van der Waals surface area (Å²) in [7, 11) is 0. The number of Topliss-reactive ketones (excluding diaryl/α,β-unsaturated/α-hetero) is 1. The van der Waals surface area contributed by atoms with Gasteiger partial charge in [-0.05, 0) is 31.1 Å². The summed E-state index contributed by atoms with van der Waals surface area (Å²) in [5.74, 6) is 2.46. The molecule has 2 aliphatic rings. The molecular weight excluding hydrogens is 148 g/mol. The molecule has 2 fully saturated rings. The van der Waals surface area contributed by atoms with Gasteiger partial charge in [-0.25, -0.2) is 0 Å². The summed E-state index contributed by atoms with van der Waals surface area (Å²) in [4.78, 5) is 11.6. The van der Waals surface area contributed by atoms with Crippen LogP contribution in [0.2, 0.25) is 0 Å². The Hall–Kier alpha value is -0.330. The van der Waals surface area contributed by atoms with E-state index in [1.54, 1.807) is 0 Å². The largest absolute Gasteiger partial charge is 0.299 e. The molecule has 0 heterocycles. The first kappa shape index (κ1) is 8.28. The second-order valence-electron chi connectivity index (χ2n) is 4.55. The van der Waals surface area contributed by atoms with E-state index in [4.69, 9.17) is 0 Å². The summed E-state index contributed by atoms with van der Waals surface area (Å²) in [6.45, 7) is 2.26. The van der Waals surface area contributed by atoms with Gasteiger partial charge in [-0.1, -0.05) is 19.8 Å². The first-order chi connectivity index (χ1) is 5.79. The zero-order valence-electron chi connectivity index (χ0n) is 7.88. The van der Waals surface area contributed by atoms with Crippen molar-refractivity contribution in [2.24, 2.45) is 17.8 Å². The van der Waals surface area contributed by atoms with Crippen LogP contribution in [0.15, 0.2) is 0 Å². The van der Waals surface area contributed by atoms with Crippen LogP contribution in [0.3, 0.4) is 0 Å². The maximum absolute atomic E-state index is 11.6. The third-order valence-electron chi connectivity index (χ3n) is 3.73. The molecule has 0 N–H and O–H groups in total. The molecule has 0 aromatic carbocycles. The highest BCUT2D eigenvalue weighted by Crippen LogP contribution is 2.41. The van der Waals surface area contributed by atoms with Gasteiger partial charge in [-0.3, -0.25) is 4.79 Å². The molecule has 2 rings (SSSR count). The summed E-state index contributed by atoms with van der Waals surface area (Å²) >= 11 is 0. The Bertz CT molecular complexity index is 183. The maximum Gasteiger partial charge on any atom is 0.136 e. The van der Waals surface area contributed by atoms with Crippen molar-refractivity contribution in [2.75, 3.05) is 0 Å². The van der Waals surface area contributed by atoms with E-state index in [0.29, 0.717) is 17.6 Å². The molecule has 1 nitrogen and oxygen atoms in total. The summed E-state index contributed by atoms with van der Waals surface area (Å²) in [5, 5.41) is 0. The predicted molar refractivity (Wildman–Crippen MR) is 48.9 cm³/mol. The highest BCUT2D eigenvalue weighted by Gasteiger charge is 2.37. The van der Waals surface area contributed by atoms with Crippen LogP contribution in [0.4, 0.5) is 0 Å². The Morgan fingerprint density at radius 2 is 1.92 bits per heavy atom. The fourth-order valence-corrected chi connectivity index (χ4v) is 3.14. The first-order valence-electron chi connectivity index (χ1n) is 5.32. The minimum Gasteiger partial charge on any atom is -0.299 e. The van der Waals surface area contributed by atoms with Crippen LogP contribution < -0.4 is 0 Å². The van der Waals surface area contributed by atoms with Crippen molar-refractivity contribution in [1.29, 1.82) is 0 Å². The van der Waals surface area contributed by atoms with E-state index in [1.807, 2.05) is 0 Å². The maximum atomic E-state index is 11.6. The average Bonchev–Trinajstić information content (AvgIpc) is 2.04. The molecule has 0 saturated heterocycles. The lowest BCUT2D eigenvalue weighted by molar-refractivity contribution is -0.130. The van der Waals surface area contributed by atoms with Crippen molar-refractivity contribution in [3.8, 4) is 0 Å². The summed E-state index contributed by atoms with van der Waals surface area (Å²) in [6.07, 6.45) is 7.31. The molecule has 1 heteroatoms. The van der Waals surface area contributed by atoms with Gasteiger partial charge in [0.15, 0.2) is 0 Å². The number of carbonyl (C=O) groups is 1. The molecule has 0 aromatic rings. The molecule has 2 saturated carbocycles. The van der Waals surface area contributed by atoms with Gasteiger partial charge in [0.05, 0.1) is 0 Å². The lowest BCUT2D eigenvalue weighted by atomic mass is 9.65. The van der Waals surface area contributed by atoms with E-state index in [0.717, 1.165) is 18.8 Å². The number of fused-ring (bicyclic) bond motifs is 1. The average molecular weight is 166 g/mol. The van der Waals surface area contributed by atoms with Crippen LogP contribution in [0, 0.1) is 17.8 Å². The summed E-state index contributed by atoms with van der Waals surface area (Å²) < 4.78 is 0. The molecule has 3 atom stereocenters. The van der Waals surface area contributed by atoms with Gasteiger partial charge in [0.1, 0.15) is 5.78 Å². The second kappa shape index (κ2) is 3.20. The number of rotatable bonds is 0. The van der Waals surface area contributed by atoms with Crippen LogP contribution in [0.1, 0.15) is 45.4 Å². The Balaban J connectivity index is 2.12. The quantitative estimate of drug-likeness (QED) is 0.541. The van der Waals surface area contributed by atoms with E-state index in [9.17, 15) is 4.79 Å². The third kappa shape index (κ3) is 1.30. The number of carbonyl (C=O) groups excluding carboxylic acids is 1. The van der Waals surface area contributed by atoms with Crippen LogP contribution in [-0.2, 0) is 4.79 Å². The van der Waals surface area contributed by atoms with Gasteiger partial charge < -0.3 is 0 Å². The van der Waals surface area contributed by atoms with Gasteiger partial charge in [0.25, 0.3) is 0 Å². The molecule has 68 valence electrons. The predicted octanol–water partition coefficient (Wildman–Crippen LogP) is 2.79. The van der Waals surface area contributed by atoms with Crippen molar-refractivity contribution in [2.45, 2.75) is 45.4 Å². The SMILES string of the molecule is CC1CCCC2CCCC(=O)C12. The van der Waals surface area contributed by atoms with Crippen molar-refractivity contribution in [3.05, 3.63) is 0 Å². The topological polar surface area (TPSA) is 17.1 Å². The minimum atomic E-state index is 0.451. The molecule has 0 amide bonds. The summed E-state index contributed by atoms with van der Waals surface area (Å²) in [5.41, 5.74) is 0. The minimum absolute atomic E-state index is 0.451. The zero-order chi connectivity index (χ0) is 8.55. The van der Waals surface area contributed by atoms with E-state index in [2.05, 4.69) is 6.92 Å². The number of ketones is 1. The van der Waals surface area contributed by atoms with Crippen molar-refractivity contribution in [3.63, 3.8) is 0 Å². The van der Waals surface area contributed by atoms with Crippen LogP contribution in [-0.4, -0.2) is 5.78 Å². The fourth-order valence-electron chi connectivity index (χ4n) is 3.14. The van der Waals surface area contributed by atoms with E-state index in [1.165, 1.54) is 25.7 Å². The Morgan fingerprint density at radius 3 is 2.67 bits per heavy atom. The highest BCUT2D eigenvalue weighted by molar-refractivity contribution is 5.82. The second-order valence-corrected chi connectivity index (χ2v) is 4.55. The molecule has 0 bridgehead atoms. The van der Waals surface area contributed by atoms with Gasteiger partial charge in [0, 0.05) is 12.3 Å². The molecule has 0 spiro atoms. The molecule has 0 radical (unpaired) electrons. The first-order valence-corrected chi connectivity index (χ1v) is 5.32. The molecule has 3 unspecified atom stereocenters. The van der Waals surface area contributed by atoms with E-state index < -0.39 is 0 Å². The van der Waals surface area contributed by atoms with Crippen LogP contribution >= 0.6 is 0 Å². The van der Waals surface area contributed by atoms with E-state index >= 15 is 0 Å².